The first kappa shape index (κ1) is 18.1. The third kappa shape index (κ3) is 4.61. The number of hydrogen-bond donors (Lipinski definition) is 1. The van der Waals surface area contributed by atoms with Crippen LogP contribution in [0.3, 0.4) is 0 Å². The summed E-state index contributed by atoms with van der Waals surface area (Å²) in [7, 11) is 0. The van der Waals surface area contributed by atoms with Crippen LogP contribution in [0.5, 0.6) is 5.75 Å². The van der Waals surface area contributed by atoms with Gasteiger partial charge in [-0.2, -0.15) is 0 Å². The Hall–Kier alpha value is -1.26. The summed E-state index contributed by atoms with van der Waals surface area (Å²) in [4.78, 5) is 14.5. The zero-order valence-corrected chi connectivity index (χ0v) is 14.6. The van der Waals surface area contributed by atoms with Crippen molar-refractivity contribution in [1.82, 2.24) is 10.2 Å². The lowest BCUT2D eigenvalue weighted by molar-refractivity contribution is 0.0655. The fourth-order valence-electron chi connectivity index (χ4n) is 3.36. The number of ether oxygens (including phenoxy) is 1. The van der Waals surface area contributed by atoms with Gasteiger partial charge in [0.05, 0.1) is 6.10 Å². The smallest absolute Gasteiger partial charge is 0.254 e. The van der Waals surface area contributed by atoms with Crippen molar-refractivity contribution in [1.29, 1.82) is 0 Å². The third-order valence-electron chi connectivity index (χ3n) is 4.72. The van der Waals surface area contributed by atoms with Crippen LogP contribution in [0.4, 0.5) is 0 Å². The Balaban J connectivity index is 0.00000192. The summed E-state index contributed by atoms with van der Waals surface area (Å²) in [6.45, 7) is 4.61. The summed E-state index contributed by atoms with van der Waals surface area (Å²) >= 11 is 0. The second-order valence-electron chi connectivity index (χ2n) is 6.45. The molecule has 1 aromatic rings. The highest BCUT2D eigenvalue weighted by Gasteiger charge is 2.24. The van der Waals surface area contributed by atoms with Crippen LogP contribution in [0.2, 0.25) is 0 Å². The van der Waals surface area contributed by atoms with Crippen molar-refractivity contribution >= 4 is 18.3 Å². The van der Waals surface area contributed by atoms with Crippen molar-refractivity contribution in [2.24, 2.45) is 0 Å². The molecule has 5 heteroatoms. The highest BCUT2D eigenvalue weighted by molar-refractivity contribution is 5.94. The van der Waals surface area contributed by atoms with E-state index in [0.29, 0.717) is 6.10 Å². The number of nitrogens with zero attached hydrogens (tertiary/aromatic N) is 1. The summed E-state index contributed by atoms with van der Waals surface area (Å²) in [5, 5.41) is 3.31. The zero-order valence-electron chi connectivity index (χ0n) is 13.8. The number of benzene rings is 1. The molecule has 1 aliphatic carbocycles. The molecule has 3 rings (SSSR count). The van der Waals surface area contributed by atoms with E-state index in [4.69, 9.17) is 4.74 Å². The Bertz CT molecular complexity index is 500. The predicted molar refractivity (Wildman–Crippen MR) is 94.6 cm³/mol. The van der Waals surface area contributed by atoms with E-state index in [0.717, 1.165) is 43.8 Å². The number of piperazine rings is 1. The number of hydrogen-bond acceptors (Lipinski definition) is 3. The second-order valence-corrected chi connectivity index (χ2v) is 6.45. The van der Waals surface area contributed by atoms with E-state index in [-0.39, 0.29) is 24.4 Å². The standard InChI is InChI=1S/C18H26N2O2.ClH/c1-14-13-19-11-12-20(14)18(21)15-7-9-17(10-8-15)22-16-5-3-2-4-6-16;/h7-10,14,16,19H,2-6,11-13H2,1H3;1H/t14-;/m1./s1. The fraction of sp³-hybridized carbons (Fsp3) is 0.611. The third-order valence-corrected chi connectivity index (χ3v) is 4.72. The van der Waals surface area contributed by atoms with E-state index in [1.807, 2.05) is 29.2 Å². The molecule has 0 spiro atoms. The van der Waals surface area contributed by atoms with Gasteiger partial charge in [0.15, 0.2) is 0 Å². The van der Waals surface area contributed by atoms with Crippen LogP contribution < -0.4 is 10.1 Å². The van der Waals surface area contributed by atoms with Gasteiger partial charge >= 0.3 is 0 Å². The lowest BCUT2D eigenvalue weighted by Crippen LogP contribution is -2.52. The first-order valence-corrected chi connectivity index (χ1v) is 8.52. The summed E-state index contributed by atoms with van der Waals surface area (Å²) in [6, 6.07) is 7.92. The van der Waals surface area contributed by atoms with Crippen LogP contribution in [0.25, 0.3) is 0 Å². The molecule has 4 nitrogen and oxygen atoms in total. The number of amides is 1. The highest BCUT2D eigenvalue weighted by Crippen LogP contribution is 2.24. The lowest BCUT2D eigenvalue weighted by atomic mass is 9.98. The highest BCUT2D eigenvalue weighted by atomic mass is 35.5. The van der Waals surface area contributed by atoms with Gasteiger partial charge in [0.1, 0.15) is 5.75 Å². The molecule has 1 saturated heterocycles. The van der Waals surface area contributed by atoms with Gasteiger partial charge < -0.3 is 15.0 Å². The van der Waals surface area contributed by atoms with Gasteiger partial charge in [-0.15, -0.1) is 12.4 Å². The zero-order chi connectivity index (χ0) is 15.4. The maximum atomic E-state index is 12.6. The molecular formula is C18H27ClN2O2. The Morgan fingerprint density at radius 3 is 2.52 bits per heavy atom. The molecule has 0 radical (unpaired) electrons. The largest absolute Gasteiger partial charge is 0.490 e. The van der Waals surface area contributed by atoms with Crippen LogP contribution in [-0.4, -0.2) is 42.6 Å². The molecule has 1 aliphatic heterocycles. The monoisotopic (exact) mass is 338 g/mol. The van der Waals surface area contributed by atoms with Crippen molar-refractivity contribution in [2.45, 2.75) is 51.2 Å². The van der Waals surface area contributed by atoms with Gasteiger partial charge in [0, 0.05) is 31.2 Å². The Kier molecular flexibility index (Phi) is 6.72. The average Bonchev–Trinajstić information content (AvgIpc) is 2.56. The van der Waals surface area contributed by atoms with Crippen LogP contribution in [0, 0.1) is 0 Å². The first-order chi connectivity index (χ1) is 10.7. The van der Waals surface area contributed by atoms with Crippen molar-refractivity contribution in [2.75, 3.05) is 19.6 Å². The summed E-state index contributed by atoms with van der Waals surface area (Å²) in [5.41, 5.74) is 0.754. The number of rotatable bonds is 3. The molecule has 1 aromatic carbocycles. The molecule has 0 aromatic heterocycles. The SMILES string of the molecule is C[C@@H]1CNCCN1C(=O)c1ccc(OC2CCCCC2)cc1.Cl. The molecule has 2 fully saturated rings. The van der Waals surface area contributed by atoms with Crippen LogP contribution in [0.15, 0.2) is 24.3 Å². The van der Waals surface area contributed by atoms with Crippen LogP contribution in [-0.2, 0) is 0 Å². The molecule has 1 amide bonds. The molecule has 1 saturated carbocycles. The fourth-order valence-corrected chi connectivity index (χ4v) is 3.36. The van der Waals surface area contributed by atoms with Gasteiger partial charge in [0.25, 0.3) is 5.91 Å². The molecule has 0 unspecified atom stereocenters. The number of nitrogens with one attached hydrogen (secondary N) is 1. The van der Waals surface area contributed by atoms with Gasteiger partial charge in [-0.1, -0.05) is 6.42 Å². The quantitative estimate of drug-likeness (QED) is 0.919. The number of halogens is 1. The van der Waals surface area contributed by atoms with Gasteiger partial charge in [-0.25, -0.2) is 0 Å². The molecule has 1 heterocycles. The molecule has 128 valence electrons. The van der Waals surface area contributed by atoms with E-state index in [1.165, 1.54) is 19.3 Å². The first-order valence-electron chi connectivity index (χ1n) is 8.52. The Morgan fingerprint density at radius 1 is 1.17 bits per heavy atom. The van der Waals surface area contributed by atoms with E-state index < -0.39 is 0 Å². The number of carbonyl (C=O) groups excluding carboxylic acids is 1. The van der Waals surface area contributed by atoms with Crippen molar-refractivity contribution < 1.29 is 9.53 Å². The van der Waals surface area contributed by atoms with Gasteiger partial charge in [-0.3, -0.25) is 4.79 Å². The number of carbonyl (C=O) groups is 1. The van der Waals surface area contributed by atoms with E-state index in [9.17, 15) is 4.79 Å². The van der Waals surface area contributed by atoms with Crippen molar-refractivity contribution in [3.8, 4) is 5.75 Å². The van der Waals surface area contributed by atoms with Crippen LogP contribution >= 0.6 is 12.4 Å². The minimum atomic E-state index is 0. The second kappa shape index (κ2) is 8.55. The van der Waals surface area contributed by atoms with E-state index >= 15 is 0 Å². The Morgan fingerprint density at radius 2 is 1.87 bits per heavy atom. The maximum absolute atomic E-state index is 12.6. The predicted octanol–water partition coefficient (Wildman–Crippen LogP) is 3.25. The van der Waals surface area contributed by atoms with Gasteiger partial charge in [0.2, 0.25) is 0 Å². The summed E-state index contributed by atoms with van der Waals surface area (Å²) in [5.74, 6) is 1.01. The van der Waals surface area contributed by atoms with E-state index in [2.05, 4.69) is 12.2 Å². The van der Waals surface area contributed by atoms with Crippen molar-refractivity contribution in [3.05, 3.63) is 29.8 Å². The molecule has 23 heavy (non-hydrogen) atoms. The van der Waals surface area contributed by atoms with Crippen LogP contribution in [0.1, 0.15) is 49.4 Å². The van der Waals surface area contributed by atoms with Crippen molar-refractivity contribution in [3.63, 3.8) is 0 Å². The Labute approximate surface area is 145 Å². The van der Waals surface area contributed by atoms with E-state index in [1.54, 1.807) is 0 Å². The topological polar surface area (TPSA) is 41.6 Å². The normalized spacial score (nSPS) is 22.3. The average molecular weight is 339 g/mol. The minimum Gasteiger partial charge on any atom is -0.490 e. The molecule has 1 atom stereocenters. The molecular weight excluding hydrogens is 312 g/mol. The molecule has 2 aliphatic rings. The lowest BCUT2D eigenvalue weighted by Gasteiger charge is -2.34. The minimum absolute atomic E-state index is 0. The summed E-state index contributed by atoms with van der Waals surface area (Å²) < 4.78 is 6.02. The molecule has 0 bridgehead atoms. The summed E-state index contributed by atoms with van der Waals surface area (Å²) in [6.07, 6.45) is 6.52. The molecule has 1 N–H and O–H groups in total. The van der Waals surface area contributed by atoms with Gasteiger partial charge in [-0.05, 0) is 56.9 Å². The maximum Gasteiger partial charge on any atom is 0.254 e.